The van der Waals surface area contributed by atoms with E-state index in [1.165, 1.54) is 6.07 Å². The van der Waals surface area contributed by atoms with Crippen LogP contribution in [0.5, 0.6) is 5.75 Å². The maximum Gasteiger partial charge on any atom is 0.358 e. The van der Waals surface area contributed by atoms with E-state index in [9.17, 15) is 9.18 Å². The fourth-order valence-electron chi connectivity index (χ4n) is 1.05. The van der Waals surface area contributed by atoms with Gasteiger partial charge in [-0.1, -0.05) is 0 Å². The molecule has 1 aromatic heterocycles. The second-order valence-corrected chi connectivity index (χ2v) is 3.00. The Labute approximate surface area is 86.7 Å². The number of carboxylic acids is 1. The summed E-state index contributed by atoms with van der Waals surface area (Å²) in [7, 11) is 0. The van der Waals surface area contributed by atoms with Gasteiger partial charge in [-0.05, 0) is 19.1 Å². The van der Waals surface area contributed by atoms with Crippen LogP contribution < -0.4 is 4.74 Å². The van der Waals surface area contributed by atoms with E-state index in [0.29, 0.717) is 5.69 Å². The van der Waals surface area contributed by atoms with Gasteiger partial charge >= 0.3 is 5.97 Å². The van der Waals surface area contributed by atoms with Crippen LogP contribution in [-0.4, -0.2) is 29.3 Å². The molecular weight excluding hydrogens is 201 g/mol. The third-order valence-corrected chi connectivity index (χ3v) is 1.74. The van der Waals surface area contributed by atoms with E-state index in [1.807, 2.05) is 0 Å². The first-order valence-corrected chi connectivity index (χ1v) is 4.55. The molecular formula is C10H12FNO3. The van der Waals surface area contributed by atoms with E-state index >= 15 is 0 Å². The molecule has 1 rings (SSSR count). The van der Waals surface area contributed by atoms with Crippen molar-refractivity contribution in [2.45, 2.75) is 13.3 Å². The van der Waals surface area contributed by atoms with Gasteiger partial charge in [-0.3, -0.25) is 4.39 Å². The quantitative estimate of drug-likeness (QED) is 0.758. The summed E-state index contributed by atoms with van der Waals surface area (Å²) in [4.78, 5) is 14.6. The number of carboxylic acid groups (broad SMARTS) is 1. The Morgan fingerprint density at radius 2 is 2.33 bits per heavy atom. The number of aromatic nitrogens is 1. The zero-order chi connectivity index (χ0) is 11.3. The van der Waals surface area contributed by atoms with Gasteiger partial charge in [0, 0.05) is 12.1 Å². The first kappa shape index (κ1) is 11.4. The summed E-state index contributed by atoms with van der Waals surface area (Å²) in [5.41, 5.74) is 0.471. The number of alkyl halides is 1. The van der Waals surface area contributed by atoms with Crippen LogP contribution in [0.4, 0.5) is 4.39 Å². The lowest BCUT2D eigenvalue weighted by molar-refractivity contribution is 0.0685. The minimum Gasteiger partial charge on any atom is -0.491 e. The van der Waals surface area contributed by atoms with E-state index in [4.69, 9.17) is 9.84 Å². The van der Waals surface area contributed by atoms with Crippen molar-refractivity contribution in [3.05, 3.63) is 23.5 Å². The molecule has 0 saturated carbocycles. The first-order valence-electron chi connectivity index (χ1n) is 4.55. The van der Waals surface area contributed by atoms with E-state index < -0.39 is 12.6 Å². The van der Waals surface area contributed by atoms with Gasteiger partial charge in [0.1, 0.15) is 0 Å². The summed E-state index contributed by atoms with van der Waals surface area (Å²) in [6.45, 7) is 1.36. The number of aryl methyl sites for hydroxylation is 1. The second-order valence-electron chi connectivity index (χ2n) is 3.00. The average molecular weight is 213 g/mol. The van der Waals surface area contributed by atoms with Gasteiger partial charge in [0.05, 0.1) is 13.3 Å². The standard InChI is InChI=1S/C10H12FNO3/c1-7-3-4-8(15-6-2-5-11)9(12-7)10(13)14/h3-4H,2,5-6H2,1H3,(H,13,14). The van der Waals surface area contributed by atoms with Crippen molar-refractivity contribution in [1.82, 2.24) is 4.98 Å². The Morgan fingerprint density at radius 1 is 1.60 bits per heavy atom. The molecule has 0 saturated heterocycles. The van der Waals surface area contributed by atoms with Gasteiger partial charge in [0.15, 0.2) is 11.4 Å². The maximum atomic E-state index is 11.8. The maximum absolute atomic E-state index is 11.8. The topological polar surface area (TPSA) is 59.4 Å². The summed E-state index contributed by atoms with van der Waals surface area (Å²) in [5, 5.41) is 8.83. The summed E-state index contributed by atoms with van der Waals surface area (Å²) >= 11 is 0. The van der Waals surface area contributed by atoms with Crippen molar-refractivity contribution in [3.8, 4) is 5.75 Å². The lowest BCUT2D eigenvalue weighted by Crippen LogP contribution is -2.07. The van der Waals surface area contributed by atoms with Gasteiger partial charge in [-0.15, -0.1) is 0 Å². The Balaban J connectivity index is 2.81. The predicted octanol–water partition coefficient (Wildman–Crippen LogP) is 1.83. The third kappa shape index (κ3) is 3.19. The van der Waals surface area contributed by atoms with Crippen LogP contribution in [0.25, 0.3) is 0 Å². The summed E-state index contributed by atoms with van der Waals surface area (Å²) in [6.07, 6.45) is 0.243. The van der Waals surface area contributed by atoms with Crippen LogP contribution in [0, 0.1) is 6.92 Å². The van der Waals surface area contributed by atoms with Crippen LogP contribution in [0.3, 0.4) is 0 Å². The fourth-order valence-corrected chi connectivity index (χ4v) is 1.05. The summed E-state index contributed by atoms with van der Waals surface area (Å²) in [6, 6.07) is 3.18. The normalized spacial score (nSPS) is 10.0. The van der Waals surface area contributed by atoms with Crippen molar-refractivity contribution < 1.29 is 19.0 Å². The Kier molecular flexibility index (Phi) is 4.03. The molecule has 0 aliphatic rings. The average Bonchev–Trinajstić information content (AvgIpc) is 2.20. The number of ether oxygens (including phenoxy) is 1. The van der Waals surface area contributed by atoms with Gasteiger partial charge in [-0.2, -0.15) is 0 Å². The predicted molar refractivity (Wildman–Crippen MR) is 52.0 cm³/mol. The molecule has 1 heterocycles. The molecule has 0 bridgehead atoms. The lowest BCUT2D eigenvalue weighted by atomic mass is 10.3. The van der Waals surface area contributed by atoms with Crippen molar-refractivity contribution in [2.24, 2.45) is 0 Å². The molecule has 0 radical (unpaired) electrons. The summed E-state index contributed by atoms with van der Waals surface area (Å²) in [5.74, 6) is -0.963. The molecule has 0 amide bonds. The SMILES string of the molecule is Cc1ccc(OCCCF)c(C(=O)O)n1. The van der Waals surface area contributed by atoms with Crippen LogP contribution in [0.2, 0.25) is 0 Å². The Bertz CT molecular complexity index is 355. The number of hydrogen-bond acceptors (Lipinski definition) is 3. The molecule has 0 spiro atoms. The van der Waals surface area contributed by atoms with Crippen molar-refractivity contribution in [3.63, 3.8) is 0 Å². The van der Waals surface area contributed by atoms with E-state index in [-0.39, 0.29) is 24.5 Å². The molecule has 0 aliphatic heterocycles. The van der Waals surface area contributed by atoms with Crippen LogP contribution >= 0.6 is 0 Å². The highest BCUT2D eigenvalue weighted by molar-refractivity contribution is 5.88. The molecule has 1 N–H and O–H groups in total. The first-order chi connectivity index (χ1) is 7.15. The van der Waals surface area contributed by atoms with Crippen LogP contribution in [-0.2, 0) is 0 Å². The van der Waals surface area contributed by atoms with Crippen LogP contribution in [0.1, 0.15) is 22.6 Å². The Morgan fingerprint density at radius 3 is 2.93 bits per heavy atom. The highest BCUT2D eigenvalue weighted by Gasteiger charge is 2.13. The second kappa shape index (κ2) is 5.29. The molecule has 0 atom stereocenters. The number of aromatic carboxylic acids is 1. The number of pyridine rings is 1. The fraction of sp³-hybridized carbons (Fsp3) is 0.400. The lowest BCUT2D eigenvalue weighted by Gasteiger charge is -2.07. The largest absolute Gasteiger partial charge is 0.491 e. The van der Waals surface area contributed by atoms with Crippen molar-refractivity contribution in [1.29, 1.82) is 0 Å². The van der Waals surface area contributed by atoms with Gasteiger partial charge in [0.2, 0.25) is 0 Å². The van der Waals surface area contributed by atoms with Gasteiger partial charge in [-0.25, -0.2) is 9.78 Å². The number of halogens is 1. The molecule has 0 aliphatic carbocycles. The molecule has 0 unspecified atom stereocenters. The molecule has 5 heteroatoms. The number of rotatable bonds is 5. The monoisotopic (exact) mass is 213 g/mol. The van der Waals surface area contributed by atoms with Crippen molar-refractivity contribution in [2.75, 3.05) is 13.3 Å². The van der Waals surface area contributed by atoms with Gasteiger partial charge < -0.3 is 9.84 Å². The molecule has 0 aromatic carbocycles. The molecule has 15 heavy (non-hydrogen) atoms. The zero-order valence-electron chi connectivity index (χ0n) is 8.36. The minimum absolute atomic E-state index is 0.131. The number of hydrogen-bond donors (Lipinski definition) is 1. The smallest absolute Gasteiger partial charge is 0.358 e. The van der Waals surface area contributed by atoms with E-state index in [2.05, 4.69) is 4.98 Å². The van der Waals surface area contributed by atoms with E-state index in [1.54, 1.807) is 13.0 Å². The van der Waals surface area contributed by atoms with Crippen LogP contribution in [0.15, 0.2) is 12.1 Å². The highest BCUT2D eigenvalue weighted by Crippen LogP contribution is 2.16. The highest BCUT2D eigenvalue weighted by atomic mass is 19.1. The van der Waals surface area contributed by atoms with E-state index in [0.717, 1.165) is 0 Å². The summed E-state index contributed by atoms with van der Waals surface area (Å²) < 4.78 is 16.9. The number of carbonyl (C=O) groups is 1. The molecule has 4 nitrogen and oxygen atoms in total. The molecule has 82 valence electrons. The number of nitrogens with zero attached hydrogens (tertiary/aromatic N) is 1. The van der Waals surface area contributed by atoms with Crippen molar-refractivity contribution >= 4 is 5.97 Å². The minimum atomic E-state index is -1.14. The zero-order valence-corrected chi connectivity index (χ0v) is 8.36. The molecule has 0 fully saturated rings. The molecule has 1 aromatic rings. The third-order valence-electron chi connectivity index (χ3n) is 1.74. The van der Waals surface area contributed by atoms with Gasteiger partial charge in [0.25, 0.3) is 0 Å². The Hall–Kier alpha value is -1.65.